The van der Waals surface area contributed by atoms with Crippen LogP contribution in [0.3, 0.4) is 0 Å². The van der Waals surface area contributed by atoms with Crippen LogP contribution in [-0.4, -0.2) is 39.3 Å². The number of aryl methyl sites for hydroxylation is 1. The lowest BCUT2D eigenvalue weighted by atomic mass is 10.4. The minimum Gasteiger partial charge on any atom is -0.480 e. The summed E-state index contributed by atoms with van der Waals surface area (Å²) in [6, 6.07) is 1.87. The van der Waals surface area contributed by atoms with Gasteiger partial charge in [0.25, 0.3) is 0 Å². The molecule has 0 atom stereocenters. The molecule has 0 aromatic carbocycles. The molecule has 1 heterocycles. The number of likely N-dealkylation sites (N-methyl/N-ethyl adjacent to an activating group) is 1. The second-order valence-corrected chi connectivity index (χ2v) is 3.05. The van der Waals surface area contributed by atoms with E-state index in [0.717, 1.165) is 5.69 Å². The molecule has 0 bridgehead atoms. The molecule has 72 valence electrons. The van der Waals surface area contributed by atoms with E-state index >= 15 is 0 Å². The largest absolute Gasteiger partial charge is 0.480 e. The van der Waals surface area contributed by atoms with Gasteiger partial charge in [-0.1, -0.05) is 0 Å². The highest BCUT2D eigenvalue weighted by atomic mass is 16.4. The SMILES string of the molecule is CN(CC(=O)O)Cc1ccn(C)n1. The maximum atomic E-state index is 10.3. The Morgan fingerprint density at radius 3 is 2.92 bits per heavy atom. The van der Waals surface area contributed by atoms with Gasteiger partial charge in [-0.15, -0.1) is 0 Å². The molecule has 0 fully saturated rings. The van der Waals surface area contributed by atoms with Crippen molar-refractivity contribution in [3.63, 3.8) is 0 Å². The molecule has 0 amide bonds. The minimum atomic E-state index is -0.821. The summed E-state index contributed by atoms with van der Waals surface area (Å²) in [6.07, 6.45) is 1.84. The lowest BCUT2D eigenvalue weighted by Gasteiger charge is -2.11. The molecule has 0 aliphatic carbocycles. The van der Waals surface area contributed by atoms with Gasteiger partial charge in [-0.2, -0.15) is 5.10 Å². The number of nitrogens with zero attached hydrogens (tertiary/aromatic N) is 3. The van der Waals surface area contributed by atoms with Crippen LogP contribution in [0.15, 0.2) is 12.3 Å². The van der Waals surface area contributed by atoms with Crippen LogP contribution >= 0.6 is 0 Å². The highest BCUT2D eigenvalue weighted by Gasteiger charge is 2.06. The summed E-state index contributed by atoms with van der Waals surface area (Å²) in [5.74, 6) is -0.821. The predicted octanol–water partition coefficient (Wildman–Crippen LogP) is -0.0635. The first kappa shape index (κ1) is 9.73. The maximum absolute atomic E-state index is 10.3. The molecule has 0 saturated carbocycles. The Morgan fingerprint density at radius 1 is 1.77 bits per heavy atom. The highest BCUT2D eigenvalue weighted by Crippen LogP contribution is 1.98. The van der Waals surface area contributed by atoms with E-state index in [0.29, 0.717) is 6.54 Å². The van der Waals surface area contributed by atoms with Crippen molar-refractivity contribution in [2.75, 3.05) is 13.6 Å². The molecule has 5 heteroatoms. The zero-order valence-electron chi connectivity index (χ0n) is 7.77. The summed E-state index contributed by atoms with van der Waals surface area (Å²) in [5, 5.41) is 12.6. The molecular formula is C8H13N3O2. The van der Waals surface area contributed by atoms with Crippen LogP contribution in [0, 0.1) is 0 Å². The lowest BCUT2D eigenvalue weighted by molar-refractivity contribution is -0.138. The fourth-order valence-electron chi connectivity index (χ4n) is 1.11. The first-order chi connectivity index (χ1) is 6.08. The smallest absolute Gasteiger partial charge is 0.317 e. The van der Waals surface area contributed by atoms with E-state index in [1.54, 1.807) is 16.6 Å². The molecule has 1 rings (SSSR count). The van der Waals surface area contributed by atoms with Gasteiger partial charge in [-0.25, -0.2) is 0 Å². The number of hydrogen-bond acceptors (Lipinski definition) is 3. The van der Waals surface area contributed by atoms with Crippen LogP contribution in [0.25, 0.3) is 0 Å². The van der Waals surface area contributed by atoms with Gasteiger partial charge in [0.05, 0.1) is 12.2 Å². The van der Waals surface area contributed by atoms with E-state index in [1.807, 2.05) is 19.3 Å². The zero-order chi connectivity index (χ0) is 9.84. The van der Waals surface area contributed by atoms with Crippen molar-refractivity contribution in [1.82, 2.24) is 14.7 Å². The molecule has 1 aromatic heterocycles. The molecule has 5 nitrogen and oxygen atoms in total. The van der Waals surface area contributed by atoms with Gasteiger partial charge in [0.15, 0.2) is 0 Å². The monoisotopic (exact) mass is 183 g/mol. The summed E-state index contributed by atoms with van der Waals surface area (Å²) in [4.78, 5) is 12.0. The number of carboxylic acid groups (broad SMARTS) is 1. The first-order valence-electron chi connectivity index (χ1n) is 3.97. The number of carbonyl (C=O) groups is 1. The molecule has 0 radical (unpaired) electrons. The summed E-state index contributed by atoms with van der Waals surface area (Å²) < 4.78 is 1.70. The molecule has 1 aromatic rings. The third-order valence-electron chi connectivity index (χ3n) is 1.61. The predicted molar refractivity (Wildman–Crippen MR) is 47.2 cm³/mol. The van der Waals surface area contributed by atoms with Gasteiger partial charge in [0.1, 0.15) is 0 Å². The van der Waals surface area contributed by atoms with Crippen molar-refractivity contribution < 1.29 is 9.90 Å². The van der Waals surface area contributed by atoms with Crippen molar-refractivity contribution in [2.45, 2.75) is 6.54 Å². The van der Waals surface area contributed by atoms with Gasteiger partial charge in [0.2, 0.25) is 0 Å². The van der Waals surface area contributed by atoms with Crippen LogP contribution in [0.5, 0.6) is 0 Å². The van der Waals surface area contributed by atoms with Crippen molar-refractivity contribution in [3.8, 4) is 0 Å². The average molecular weight is 183 g/mol. The molecule has 13 heavy (non-hydrogen) atoms. The molecule has 0 aliphatic rings. The molecule has 1 N–H and O–H groups in total. The molecule has 0 saturated heterocycles. The van der Waals surface area contributed by atoms with E-state index in [9.17, 15) is 4.79 Å². The van der Waals surface area contributed by atoms with E-state index in [2.05, 4.69) is 5.10 Å². The second kappa shape index (κ2) is 4.04. The topological polar surface area (TPSA) is 58.4 Å². The second-order valence-electron chi connectivity index (χ2n) is 3.05. The number of rotatable bonds is 4. The minimum absolute atomic E-state index is 0.0383. The first-order valence-corrected chi connectivity index (χ1v) is 3.97. The Kier molecular flexibility index (Phi) is 3.02. The molecular weight excluding hydrogens is 170 g/mol. The van der Waals surface area contributed by atoms with Crippen LogP contribution in [0.2, 0.25) is 0 Å². The summed E-state index contributed by atoms with van der Waals surface area (Å²) in [5.41, 5.74) is 0.881. The van der Waals surface area contributed by atoms with Crippen molar-refractivity contribution in [1.29, 1.82) is 0 Å². The quantitative estimate of drug-likeness (QED) is 0.710. The van der Waals surface area contributed by atoms with Crippen LogP contribution in [-0.2, 0) is 18.4 Å². The normalized spacial score (nSPS) is 10.7. The lowest BCUT2D eigenvalue weighted by Crippen LogP contribution is -2.25. The van der Waals surface area contributed by atoms with Crippen molar-refractivity contribution >= 4 is 5.97 Å². The molecule has 0 unspecified atom stereocenters. The van der Waals surface area contributed by atoms with E-state index < -0.39 is 5.97 Å². The van der Waals surface area contributed by atoms with Crippen LogP contribution in [0.1, 0.15) is 5.69 Å². The Bertz CT molecular complexity index is 295. The van der Waals surface area contributed by atoms with Gasteiger partial charge in [-0.05, 0) is 13.1 Å². The Morgan fingerprint density at radius 2 is 2.46 bits per heavy atom. The number of carboxylic acids is 1. The van der Waals surface area contributed by atoms with Gasteiger partial charge >= 0.3 is 5.97 Å². The Balaban J connectivity index is 2.44. The Labute approximate surface area is 76.6 Å². The van der Waals surface area contributed by atoms with Crippen LogP contribution in [0.4, 0.5) is 0 Å². The molecule has 0 aliphatic heterocycles. The fourth-order valence-corrected chi connectivity index (χ4v) is 1.11. The average Bonchev–Trinajstić information content (AvgIpc) is 2.33. The Hall–Kier alpha value is -1.36. The zero-order valence-corrected chi connectivity index (χ0v) is 7.77. The number of aromatic nitrogens is 2. The third kappa shape index (κ3) is 3.25. The summed E-state index contributed by atoms with van der Waals surface area (Å²) >= 11 is 0. The van der Waals surface area contributed by atoms with Crippen molar-refractivity contribution in [2.24, 2.45) is 7.05 Å². The summed E-state index contributed by atoms with van der Waals surface area (Å²) in [7, 11) is 3.59. The standard InChI is InChI=1S/C8H13N3O2/c1-10(6-8(12)13)5-7-3-4-11(2)9-7/h3-4H,5-6H2,1-2H3,(H,12,13). The maximum Gasteiger partial charge on any atom is 0.317 e. The summed E-state index contributed by atoms with van der Waals surface area (Å²) in [6.45, 7) is 0.601. The van der Waals surface area contributed by atoms with Crippen LogP contribution < -0.4 is 0 Å². The van der Waals surface area contributed by atoms with E-state index in [1.165, 1.54) is 0 Å². The van der Waals surface area contributed by atoms with Gasteiger partial charge in [0, 0.05) is 19.8 Å². The van der Waals surface area contributed by atoms with Gasteiger partial charge < -0.3 is 5.11 Å². The number of hydrogen-bond donors (Lipinski definition) is 1. The highest BCUT2D eigenvalue weighted by molar-refractivity contribution is 5.68. The molecule has 0 spiro atoms. The third-order valence-corrected chi connectivity index (χ3v) is 1.61. The van der Waals surface area contributed by atoms with Crippen molar-refractivity contribution in [3.05, 3.63) is 18.0 Å². The van der Waals surface area contributed by atoms with E-state index in [-0.39, 0.29) is 6.54 Å². The number of aliphatic carboxylic acids is 1. The fraction of sp³-hybridized carbons (Fsp3) is 0.500. The van der Waals surface area contributed by atoms with Gasteiger partial charge in [-0.3, -0.25) is 14.4 Å². The van der Waals surface area contributed by atoms with E-state index in [4.69, 9.17) is 5.11 Å².